The first-order chi connectivity index (χ1) is 14.0. The van der Waals surface area contributed by atoms with Crippen molar-refractivity contribution in [3.05, 3.63) is 47.5 Å². The van der Waals surface area contributed by atoms with Gasteiger partial charge in [-0.15, -0.1) is 0 Å². The number of ether oxygens (including phenoxy) is 4. The lowest BCUT2D eigenvalue weighted by Crippen LogP contribution is -2.21. The van der Waals surface area contributed by atoms with Crippen molar-refractivity contribution in [3.8, 4) is 17.2 Å². The molecule has 3 rings (SSSR count). The topological polar surface area (TPSA) is 83.1 Å². The van der Waals surface area contributed by atoms with Gasteiger partial charge in [0.2, 0.25) is 5.75 Å². The first-order valence-electron chi connectivity index (χ1n) is 9.56. The Bertz CT molecular complexity index is 860. The predicted octanol–water partition coefficient (Wildman–Crippen LogP) is 3.78. The molecule has 1 heterocycles. The lowest BCUT2D eigenvalue weighted by Gasteiger charge is -2.21. The van der Waals surface area contributed by atoms with Crippen LogP contribution in [0.15, 0.2) is 36.4 Å². The molecule has 0 saturated heterocycles. The number of fused-ring (bicyclic) bond motifs is 1. The summed E-state index contributed by atoms with van der Waals surface area (Å²) < 4.78 is 21.4. The van der Waals surface area contributed by atoms with Crippen molar-refractivity contribution in [2.75, 3.05) is 32.2 Å². The zero-order valence-corrected chi connectivity index (χ0v) is 16.8. The molecule has 0 saturated carbocycles. The monoisotopic (exact) mass is 399 g/mol. The molecule has 0 bridgehead atoms. The van der Waals surface area contributed by atoms with Gasteiger partial charge in [0.25, 0.3) is 5.91 Å². The van der Waals surface area contributed by atoms with Gasteiger partial charge in [0, 0.05) is 5.69 Å². The summed E-state index contributed by atoms with van der Waals surface area (Å²) in [7, 11) is 1.47. The van der Waals surface area contributed by atoms with Crippen LogP contribution in [0.4, 0.5) is 5.69 Å². The maximum absolute atomic E-state index is 12.4. The minimum atomic E-state index is -0.650. The van der Waals surface area contributed by atoms with E-state index in [1.54, 1.807) is 0 Å². The largest absolute Gasteiger partial charge is 0.493 e. The van der Waals surface area contributed by atoms with Crippen LogP contribution in [0.1, 0.15) is 42.1 Å². The molecule has 7 nitrogen and oxygen atoms in total. The van der Waals surface area contributed by atoms with E-state index in [0.29, 0.717) is 42.1 Å². The van der Waals surface area contributed by atoms with Crippen LogP contribution >= 0.6 is 0 Å². The molecule has 154 valence electrons. The van der Waals surface area contributed by atoms with Gasteiger partial charge in [0.15, 0.2) is 18.1 Å². The summed E-state index contributed by atoms with van der Waals surface area (Å²) in [4.78, 5) is 24.5. The molecular weight excluding hydrogens is 374 g/mol. The minimum Gasteiger partial charge on any atom is -0.493 e. The Morgan fingerprint density at radius 2 is 1.86 bits per heavy atom. The van der Waals surface area contributed by atoms with Gasteiger partial charge in [0.1, 0.15) is 13.2 Å². The van der Waals surface area contributed by atoms with E-state index in [0.717, 1.165) is 6.42 Å². The van der Waals surface area contributed by atoms with Gasteiger partial charge >= 0.3 is 5.97 Å². The summed E-state index contributed by atoms with van der Waals surface area (Å²) in [6, 6.07) is 10.7. The standard InChI is InChI=1S/C22H25NO6/c1-4-14(2)15-5-7-17(8-6-15)23-20(24)13-29-22(25)16-11-18(26-3)21-19(12-16)27-9-10-28-21/h5-8,11-12,14H,4,9-10,13H2,1-3H3,(H,23,24)/t14-/m0/s1. The van der Waals surface area contributed by atoms with Crippen molar-refractivity contribution < 1.29 is 28.5 Å². The van der Waals surface area contributed by atoms with E-state index in [-0.39, 0.29) is 5.56 Å². The van der Waals surface area contributed by atoms with Gasteiger partial charge in [0.05, 0.1) is 12.7 Å². The molecule has 7 heteroatoms. The number of rotatable bonds is 7. The van der Waals surface area contributed by atoms with Crippen molar-refractivity contribution in [2.45, 2.75) is 26.2 Å². The Hall–Kier alpha value is -3.22. The first-order valence-corrected chi connectivity index (χ1v) is 9.56. The number of carbonyl (C=O) groups is 2. The second kappa shape index (κ2) is 9.32. The minimum absolute atomic E-state index is 0.219. The molecule has 1 aliphatic rings. The summed E-state index contributed by atoms with van der Waals surface area (Å²) in [5.74, 6) is 0.632. The Morgan fingerprint density at radius 3 is 2.55 bits per heavy atom. The molecule has 0 radical (unpaired) electrons. The molecule has 0 aromatic heterocycles. The Kier molecular flexibility index (Phi) is 6.59. The van der Waals surface area contributed by atoms with Crippen LogP contribution in [0.2, 0.25) is 0 Å². The normalized spacial score (nSPS) is 13.3. The van der Waals surface area contributed by atoms with Crippen molar-refractivity contribution in [2.24, 2.45) is 0 Å². The van der Waals surface area contributed by atoms with E-state index < -0.39 is 18.5 Å². The number of hydrogen-bond acceptors (Lipinski definition) is 6. The number of methoxy groups -OCH3 is 1. The molecule has 2 aromatic carbocycles. The summed E-state index contributed by atoms with van der Waals surface area (Å²) in [6.07, 6.45) is 1.05. The number of amides is 1. The highest BCUT2D eigenvalue weighted by atomic mass is 16.6. The van der Waals surface area contributed by atoms with E-state index >= 15 is 0 Å². The molecule has 0 unspecified atom stereocenters. The van der Waals surface area contributed by atoms with Gasteiger partial charge < -0.3 is 24.3 Å². The smallest absolute Gasteiger partial charge is 0.338 e. The zero-order valence-electron chi connectivity index (χ0n) is 16.8. The second-order valence-electron chi connectivity index (χ2n) is 6.76. The fraction of sp³-hybridized carbons (Fsp3) is 0.364. The Balaban J connectivity index is 1.58. The highest BCUT2D eigenvalue weighted by molar-refractivity contribution is 5.96. The van der Waals surface area contributed by atoms with Gasteiger partial charge in [-0.05, 0) is 42.2 Å². The van der Waals surface area contributed by atoms with Crippen LogP contribution in [0.3, 0.4) is 0 Å². The molecule has 1 amide bonds. The van der Waals surface area contributed by atoms with Crippen LogP contribution in [-0.2, 0) is 9.53 Å². The van der Waals surface area contributed by atoms with Crippen LogP contribution < -0.4 is 19.5 Å². The SMILES string of the molecule is CC[C@H](C)c1ccc(NC(=O)COC(=O)c2cc(OC)c3c(c2)OCCO3)cc1. The molecule has 1 atom stereocenters. The lowest BCUT2D eigenvalue weighted by atomic mass is 9.99. The van der Waals surface area contributed by atoms with Gasteiger partial charge in [-0.3, -0.25) is 4.79 Å². The lowest BCUT2D eigenvalue weighted by molar-refractivity contribution is -0.119. The summed E-state index contributed by atoms with van der Waals surface area (Å²) in [5.41, 5.74) is 2.08. The highest BCUT2D eigenvalue weighted by Crippen LogP contribution is 2.40. The Labute approximate surface area is 169 Å². The van der Waals surface area contributed by atoms with Crippen molar-refractivity contribution >= 4 is 17.6 Å². The first kappa shape index (κ1) is 20.5. The third-order valence-corrected chi connectivity index (χ3v) is 4.77. The van der Waals surface area contributed by atoms with Gasteiger partial charge in [-0.1, -0.05) is 26.0 Å². The number of benzene rings is 2. The van der Waals surface area contributed by atoms with Crippen LogP contribution in [-0.4, -0.2) is 38.8 Å². The average Bonchev–Trinajstić information content (AvgIpc) is 2.76. The van der Waals surface area contributed by atoms with E-state index in [2.05, 4.69) is 19.2 Å². The summed E-state index contributed by atoms with van der Waals surface area (Å²) >= 11 is 0. The third-order valence-electron chi connectivity index (χ3n) is 4.77. The molecular formula is C22H25NO6. The molecule has 0 spiro atoms. The predicted molar refractivity (Wildman–Crippen MR) is 108 cm³/mol. The molecule has 1 N–H and O–H groups in total. The quantitative estimate of drug-likeness (QED) is 0.714. The second-order valence-corrected chi connectivity index (χ2v) is 6.76. The van der Waals surface area contributed by atoms with Crippen LogP contribution in [0.5, 0.6) is 17.2 Å². The Morgan fingerprint density at radius 1 is 1.14 bits per heavy atom. The number of hydrogen-bond donors (Lipinski definition) is 1. The molecule has 0 aliphatic carbocycles. The third kappa shape index (κ3) is 4.99. The van der Waals surface area contributed by atoms with E-state index in [1.165, 1.54) is 24.8 Å². The summed E-state index contributed by atoms with van der Waals surface area (Å²) in [5, 5.41) is 2.72. The van der Waals surface area contributed by atoms with E-state index in [4.69, 9.17) is 18.9 Å². The van der Waals surface area contributed by atoms with Gasteiger partial charge in [-0.25, -0.2) is 4.79 Å². The maximum Gasteiger partial charge on any atom is 0.338 e. The van der Waals surface area contributed by atoms with Crippen LogP contribution in [0, 0.1) is 0 Å². The summed E-state index contributed by atoms with van der Waals surface area (Å²) in [6.45, 7) is 4.67. The fourth-order valence-corrected chi connectivity index (χ4v) is 2.93. The number of esters is 1. The highest BCUT2D eigenvalue weighted by Gasteiger charge is 2.22. The van der Waals surface area contributed by atoms with Crippen LogP contribution in [0.25, 0.3) is 0 Å². The molecule has 0 fully saturated rings. The van der Waals surface area contributed by atoms with E-state index in [1.807, 2.05) is 24.3 Å². The van der Waals surface area contributed by atoms with E-state index in [9.17, 15) is 9.59 Å². The molecule has 2 aromatic rings. The molecule has 1 aliphatic heterocycles. The maximum atomic E-state index is 12.4. The van der Waals surface area contributed by atoms with Crippen molar-refractivity contribution in [1.29, 1.82) is 0 Å². The van der Waals surface area contributed by atoms with Crippen molar-refractivity contribution in [1.82, 2.24) is 0 Å². The van der Waals surface area contributed by atoms with Crippen molar-refractivity contribution in [3.63, 3.8) is 0 Å². The fourth-order valence-electron chi connectivity index (χ4n) is 2.93. The zero-order chi connectivity index (χ0) is 20.8. The number of anilines is 1. The number of nitrogens with one attached hydrogen (secondary N) is 1. The average molecular weight is 399 g/mol. The molecule has 29 heavy (non-hydrogen) atoms. The van der Waals surface area contributed by atoms with Gasteiger partial charge in [-0.2, -0.15) is 0 Å². The number of carbonyl (C=O) groups excluding carboxylic acids is 2.